The van der Waals surface area contributed by atoms with Crippen LogP contribution in [0, 0.1) is 5.92 Å². The van der Waals surface area contributed by atoms with Crippen molar-refractivity contribution < 1.29 is 5.11 Å². The molecule has 0 aliphatic carbocycles. The lowest BCUT2D eigenvalue weighted by atomic mass is 9.93. The average molecular weight is 248 g/mol. The maximum Gasteiger partial charge on any atom is 0.0859 e. The van der Waals surface area contributed by atoms with E-state index in [-0.39, 0.29) is 5.92 Å². The summed E-state index contributed by atoms with van der Waals surface area (Å²) in [5.41, 5.74) is 6.16. The first-order valence-electron chi connectivity index (χ1n) is 4.93. The SMILES string of the molecule is CCC(CN)C(O)c1c(Cl)cccc1Cl. The highest BCUT2D eigenvalue weighted by molar-refractivity contribution is 6.36. The molecular weight excluding hydrogens is 233 g/mol. The Kier molecular flexibility index (Phi) is 4.87. The molecule has 0 aliphatic rings. The lowest BCUT2D eigenvalue weighted by Crippen LogP contribution is -2.21. The molecule has 0 spiro atoms. The minimum atomic E-state index is -0.693. The number of hydrogen-bond acceptors (Lipinski definition) is 2. The predicted molar refractivity (Wildman–Crippen MR) is 64.3 cm³/mol. The Morgan fingerprint density at radius 1 is 1.33 bits per heavy atom. The lowest BCUT2D eigenvalue weighted by molar-refractivity contribution is 0.110. The molecule has 84 valence electrons. The lowest BCUT2D eigenvalue weighted by Gasteiger charge is -2.22. The molecule has 15 heavy (non-hydrogen) atoms. The Labute approximate surface area is 100.0 Å². The summed E-state index contributed by atoms with van der Waals surface area (Å²) in [7, 11) is 0. The van der Waals surface area contributed by atoms with Crippen molar-refractivity contribution in [2.75, 3.05) is 6.54 Å². The van der Waals surface area contributed by atoms with Crippen LogP contribution in [0.1, 0.15) is 25.0 Å². The third-order valence-corrected chi connectivity index (χ3v) is 3.23. The number of nitrogens with two attached hydrogens (primary N) is 1. The van der Waals surface area contributed by atoms with Gasteiger partial charge in [-0.3, -0.25) is 0 Å². The van der Waals surface area contributed by atoms with Crippen LogP contribution in [0.3, 0.4) is 0 Å². The van der Waals surface area contributed by atoms with Crippen molar-refractivity contribution in [3.63, 3.8) is 0 Å². The molecule has 0 aromatic heterocycles. The zero-order chi connectivity index (χ0) is 11.4. The highest BCUT2D eigenvalue weighted by Gasteiger charge is 2.22. The molecule has 1 rings (SSSR count). The molecule has 0 radical (unpaired) electrons. The van der Waals surface area contributed by atoms with Crippen molar-refractivity contribution in [3.05, 3.63) is 33.8 Å². The molecule has 1 aromatic carbocycles. The molecule has 0 saturated heterocycles. The van der Waals surface area contributed by atoms with Crippen LogP contribution in [0.5, 0.6) is 0 Å². The van der Waals surface area contributed by atoms with Gasteiger partial charge in [0, 0.05) is 21.5 Å². The minimum absolute atomic E-state index is 0.0117. The van der Waals surface area contributed by atoms with Gasteiger partial charge in [0.1, 0.15) is 0 Å². The van der Waals surface area contributed by atoms with Crippen molar-refractivity contribution in [3.8, 4) is 0 Å². The zero-order valence-corrected chi connectivity index (χ0v) is 10.1. The van der Waals surface area contributed by atoms with E-state index in [9.17, 15) is 5.11 Å². The normalized spacial score (nSPS) is 15.0. The van der Waals surface area contributed by atoms with E-state index in [1.807, 2.05) is 6.92 Å². The van der Waals surface area contributed by atoms with E-state index in [0.717, 1.165) is 6.42 Å². The van der Waals surface area contributed by atoms with Crippen LogP contribution in [-0.2, 0) is 0 Å². The van der Waals surface area contributed by atoms with E-state index in [1.165, 1.54) is 0 Å². The molecule has 0 saturated carbocycles. The van der Waals surface area contributed by atoms with Crippen LogP contribution in [0.2, 0.25) is 10.0 Å². The van der Waals surface area contributed by atoms with Crippen LogP contribution in [0.25, 0.3) is 0 Å². The van der Waals surface area contributed by atoms with Gasteiger partial charge >= 0.3 is 0 Å². The first-order chi connectivity index (χ1) is 7.11. The molecule has 0 fully saturated rings. The Morgan fingerprint density at radius 3 is 2.27 bits per heavy atom. The molecule has 4 heteroatoms. The Morgan fingerprint density at radius 2 is 1.87 bits per heavy atom. The van der Waals surface area contributed by atoms with Crippen LogP contribution in [0.15, 0.2) is 18.2 Å². The number of aliphatic hydroxyl groups is 1. The zero-order valence-electron chi connectivity index (χ0n) is 8.58. The van der Waals surface area contributed by atoms with Gasteiger partial charge in [0.25, 0.3) is 0 Å². The molecule has 2 nitrogen and oxygen atoms in total. The van der Waals surface area contributed by atoms with Crippen molar-refractivity contribution in [2.24, 2.45) is 11.7 Å². The first kappa shape index (κ1) is 12.8. The van der Waals surface area contributed by atoms with Gasteiger partial charge < -0.3 is 10.8 Å². The van der Waals surface area contributed by atoms with Gasteiger partial charge in [0.15, 0.2) is 0 Å². The number of rotatable bonds is 4. The number of benzene rings is 1. The maximum absolute atomic E-state index is 10.1. The van der Waals surface area contributed by atoms with E-state index in [1.54, 1.807) is 18.2 Å². The highest BCUT2D eigenvalue weighted by atomic mass is 35.5. The molecule has 2 unspecified atom stereocenters. The molecule has 0 heterocycles. The quantitative estimate of drug-likeness (QED) is 0.860. The van der Waals surface area contributed by atoms with E-state index < -0.39 is 6.10 Å². The second kappa shape index (κ2) is 5.71. The topological polar surface area (TPSA) is 46.2 Å². The van der Waals surface area contributed by atoms with Gasteiger partial charge in [-0.1, -0.05) is 36.2 Å². The number of halogens is 2. The minimum Gasteiger partial charge on any atom is -0.388 e. The second-order valence-electron chi connectivity index (χ2n) is 3.48. The maximum atomic E-state index is 10.1. The van der Waals surface area contributed by atoms with Gasteiger partial charge in [-0.2, -0.15) is 0 Å². The van der Waals surface area contributed by atoms with Gasteiger partial charge in [0.2, 0.25) is 0 Å². The first-order valence-corrected chi connectivity index (χ1v) is 5.69. The molecule has 0 amide bonds. The van der Waals surface area contributed by atoms with E-state index >= 15 is 0 Å². The fourth-order valence-electron chi connectivity index (χ4n) is 1.55. The standard InChI is InChI=1S/C11H15Cl2NO/c1-2-7(6-14)11(15)10-8(12)4-3-5-9(10)13/h3-5,7,11,15H,2,6,14H2,1H3. The molecular formula is C11H15Cl2NO. The summed E-state index contributed by atoms with van der Waals surface area (Å²) >= 11 is 12.0. The fourth-order valence-corrected chi connectivity index (χ4v) is 2.17. The Bertz CT molecular complexity index is 306. The van der Waals surface area contributed by atoms with E-state index in [2.05, 4.69) is 0 Å². The third-order valence-electron chi connectivity index (χ3n) is 2.57. The van der Waals surface area contributed by atoms with Gasteiger partial charge in [-0.25, -0.2) is 0 Å². The van der Waals surface area contributed by atoms with Crippen molar-refractivity contribution in [2.45, 2.75) is 19.4 Å². The molecule has 0 bridgehead atoms. The summed E-state index contributed by atoms with van der Waals surface area (Å²) < 4.78 is 0. The summed E-state index contributed by atoms with van der Waals surface area (Å²) in [6, 6.07) is 5.19. The van der Waals surface area contributed by atoms with Gasteiger partial charge in [-0.15, -0.1) is 0 Å². The molecule has 0 aliphatic heterocycles. The van der Waals surface area contributed by atoms with Crippen molar-refractivity contribution in [1.29, 1.82) is 0 Å². The summed E-state index contributed by atoms with van der Waals surface area (Å²) in [4.78, 5) is 0. The van der Waals surface area contributed by atoms with Gasteiger partial charge in [0.05, 0.1) is 6.10 Å². The summed E-state index contributed by atoms with van der Waals surface area (Å²) in [5.74, 6) is -0.0117. The molecule has 3 N–H and O–H groups in total. The molecule has 1 aromatic rings. The van der Waals surface area contributed by atoms with Gasteiger partial charge in [-0.05, 0) is 25.1 Å². The van der Waals surface area contributed by atoms with E-state index in [4.69, 9.17) is 28.9 Å². The highest BCUT2D eigenvalue weighted by Crippen LogP contribution is 2.34. The molecule has 2 atom stereocenters. The predicted octanol–water partition coefficient (Wildman–Crippen LogP) is 3.01. The Hall–Kier alpha value is -0.280. The monoisotopic (exact) mass is 247 g/mol. The third kappa shape index (κ3) is 2.85. The summed E-state index contributed by atoms with van der Waals surface area (Å²) in [6.07, 6.45) is 0.0976. The number of aliphatic hydroxyl groups excluding tert-OH is 1. The largest absolute Gasteiger partial charge is 0.388 e. The van der Waals surface area contributed by atoms with Crippen LogP contribution in [0.4, 0.5) is 0 Å². The van der Waals surface area contributed by atoms with Crippen molar-refractivity contribution >= 4 is 23.2 Å². The van der Waals surface area contributed by atoms with Crippen LogP contribution >= 0.6 is 23.2 Å². The Balaban J connectivity index is 3.04. The van der Waals surface area contributed by atoms with Crippen LogP contribution < -0.4 is 5.73 Å². The average Bonchev–Trinajstić information content (AvgIpc) is 2.19. The summed E-state index contributed by atoms with van der Waals surface area (Å²) in [5, 5.41) is 11.1. The number of hydrogen-bond donors (Lipinski definition) is 2. The van der Waals surface area contributed by atoms with Crippen LogP contribution in [-0.4, -0.2) is 11.7 Å². The fraction of sp³-hybridized carbons (Fsp3) is 0.455. The smallest absolute Gasteiger partial charge is 0.0859 e. The van der Waals surface area contributed by atoms with Crippen molar-refractivity contribution in [1.82, 2.24) is 0 Å². The summed E-state index contributed by atoms with van der Waals surface area (Å²) in [6.45, 7) is 2.39. The van der Waals surface area contributed by atoms with E-state index in [0.29, 0.717) is 22.2 Å². The second-order valence-corrected chi connectivity index (χ2v) is 4.30.